The monoisotopic (exact) mass is 324 g/mol. The molecule has 6 nitrogen and oxygen atoms in total. The molecule has 6 heteroatoms. The number of ether oxygens (including phenoxy) is 1. The van der Waals surface area contributed by atoms with E-state index >= 15 is 0 Å². The minimum atomic E-state index is 0.196. The Morgan fingerprint density at radius 2 is 2.09 bits per heavy atom. The van der Waals surface area contributed by atoms with Gasteiger partial charge in [0.25, 0.3) is 0 Å². The molecular weight excluding hydrogens is 292 g/mol. The fourth-order valence-corrected chi connectivity index (χ4v) is 2.49. The molecule has 0 radical (unpaired) electrons. The molecule has 0 spiro atoms. The van der Waals surface area contributed by atoms with Gasteiger partial charge in [0, 0.05) is 33.4 Å². The summed E-state index contributed by atoms with van der Waals surface area (Å²) in [6, 6.07) is 4.16. The maximum absolute atomic E-state index is 5.61. The largest absolute Gasteiger partial charge is 0.468 e. The zero-order valence-corrected chi connectivity index (χ0v) is 15.0. The molecule has 0 aliphatic carbocycles. The van der Waals surface area contributed by atoms with E-state index < -0.39 is 0 Å². The highest BCUT2D eigenvalue weighted by atomic mass is 16.5. The van der Waals surface area contributed by atoms with E-state index in [9.17, 15) is 0 Å². The van der Waals surface area contributed by atoms with Gasteiger partial charge in [-0.3, -0.25) is 9.89 Å². The molecule has 0 aromatic carbocycles. The predicted molar refractivity (Wildman–Crippen MR) is 94.8 cm³/mol. The van der Waals surface area contributed by atoms with Gasteiger partial charge in [-0.05, 0) is 38.6 Å². The Labute approximate surface area is 140 Å². The van der Waals surface area contributed by atoms with E-state index in [4.69, 9.17) is 9.15 Å². The second-order valence-electron chi connectivity index (χ2n) is 5.18. The van der Waals surface area contributed by atoms with Crippen molar-refractivity contribution in [2.24, 2.45) is 4.99 Å². The smallest absolute Gasteiger partial charge is 0.191 e. The van der Waals surface area contributed by atoms with Crippen LogP contribution in [0.3, 0.4) is 0 Å². The lowest BCUT2D eigenvalue weighted by molar-refractivity contribution is 0.145. The number of nitrogens with zero attached hydrogens (tertiary/aromatic N) is 2. The molecule has 0 saturated carbocycles. The highest BCUT2D eigenvalue weighted by molar-refractivity contribution is 5.79. The Balaban J connectivity index is 2.49. The number of aliphatic imine (C=N–C) groups is 1. The van der Waals surface area contributed by atoms with Crippen molar-refractivity contribution in [2.45, 2.75) is 33.2 Å². The summed E-state index contributed by atoms with van der Waals surface area (Å²) in [4.78, 5) is 6.64. The standard InChI is InChI=1S/C17H32N4O2/c1-5-21(6-2)15(16-10-8-13-23-16)14-20-17(18-4)19-11-9-12-22-7-3/h8,10,13,15H,5-7,9,11-12,14H2,1-4H3,(H2,18,19,20). The third-order valence-corrected chi connectivity index (χ3v) is 3.77. The lowest BCUT2D eigenvalue weighted by atomic mass is 10.2. The van der Waals surface area contributed by atoms with Gasteiger partial charge >= 0.3 is 0 Å². The molecule has 0 aliphatic heterocycles. The zero-order valence-electron chi connectivity index (χ0n) is 15.0. The van der Waals surface area contributed by atoms with Crippen LogP contribution in [0.2, 0.25) is 0 Å². The Bertz CT molecular complexity index is 416. The molecule has 0 amide bonds. The molecule has 1 heterocycles. The van der Waals surface area contributed by atoms with Crippen molar-refractivity contribution < 1.29 is 9.15 Å². The van der Waals surface area contributed by atoms with Crippen LogP contribution in [0.4, 0.5) is 0 Å². The molecule has 1 aromatic heterocycles. The van der Waals surface area contributed by atoms with Gasteiger partial charge in [-0.15, -0.1) is 0 Å². The molecule has 1 rings (SSSR count). The highest BCUT2D eigenvalue weighted by Crippen LogP contribution is 2.20. The first-order valence-electron chi connectivity index (χ1n) is 8.56. The van der Waals surface area contributed by atoms with Crippen molar-refractivity contribution in [1.82, 2.24) is 15.5 Å². The second kappa shape index (κ2) is 12.0. The average molecular weight is 324 g/mol. The number of nitrogens with one attached hydrogen (secondary N) is 2. The summed E-state index contributed by atoms with van der Waals surface area (Å²) < 4.78 is 11.0. The summed E-state index contributed by atoms with van der Waals surface area (Å²) in [5.41, 5.74) is 0. The lowest BCUT2D eigenvalue weighted by Gasteiger charge is -2.28. The van der Waals surface area contributed by atoms with Crippen LogP contribution in [-0.4, -0.2) is 57.3 Å². The van der Waals surface area contributed by atoms with Crippen LogP contribution in [0.15, 0.2) is 27.8 Å². The van der Waals surface area contributed by atoms with Gasteiger partial charge in [-0.1, -0.05) is 13.8 Å². The van der Waals surface area contributed by atoms with Crippen LogP contribution in [0, 0.1) is 0 Å². The van der Waals surface area contributed by atoms with Crippen molar-refractivity contribution in [2.75, 3.05) is 46.4 Å². The fourth-order valence-electron chi connectivity index (χ4n) is 2.49. The topological polar surface area (TPSA) is 62.0 Å². The van der Waals surface area contributed by atoms with Crippen LogP contribution >= 0.6 is 0 Å². The third kappa shape index (κ3) is 7.05. The van der Waals surface area contributed by atoms with Gasteiger partial charge in [-0.2, -0.15) is 0 Å². The van der Waals surface area contributed by atoms with E-state index in [1.54, 1.807) is 13.3 Å². The van der Waals surface area contributed by atoms with E-state index in [0.717, 1.165) is 57.5 Å². The maximum atomic E-state index is 5.61. The second-order valence-corrected chi connectivity index (χ2v) is 5.18. The fraction of sp³-hybridized carbons (Fsp3) is 0.706. The first kappa shape index (κ1) is 19.5. The van der Waals surface area contributed by atoms with Crippen LogP contribution < -0.4 is 10.6 Å². The van der Waals surface area contributed by atoms with E-state index in [2.05, 4.69) is 34.4 Å². The molecular formula is C17H32N4O2. The summed E-state index contributed by atoms with van der Waals surface area (Å²) in [5, 5.41) is 6.71. The number of rotatable bonds is 11. The predicted octanol–water partition coefficient (Wildman–Crippen LogP) is 2.25. The van der Waals surface area contributed by atoms with E-state index in [1.807, 2.05) is 19.1 Å². The van der Waals surface area contributed by atoms with Crippen LogP contribution in [0.5, 0.6) is 0 Å². The summed E-state index contributed by atoms with van der Waals surface area (Å²) in [5.74, 6) is 1.79. The van der Waals surface area contributed by atoms with Crippen molar-refractivity contribution in [1.29, 1.82) is 0 Å². The van der Waals surface area contributed by atoms with Crippen molar-refractivity contribution in [3.05, 3.63) is 24.2 Å². The average Bonchev–Trinajstić information content (AvgIpc) is 3.10. The van der Waals surface area contributed by atoms with Crippen LogP contribution in [0.1, 0.15) is 39.0 Å². The number of likely N-dealkylation sites (N-methyl/N-ethyl adjacent to an activating group) is 1. The normalized spacial score (nSPS) is 13.3. The van der Waals surface area contributed by atoms with E-state index in [0.29, 0.717) is 0 Å². The maximum Gasteiger partial charge on any atom is 0.191 e. The van der Waals surface area contributed by atoms with Gasteiger partial charge < -0.3 is 19.8 Å². The van der Waals surface area contributed by atoms with Gasteiger partial charge in [0.15, 0.2) is 5.96 Å². The molecule has 0 aliphatic rings. The molecule has 23 heavy (non-hydrogen) atoms. The highest BCUT2D eigenvalue weighted by Gasteiger charge is 2.20. The molecule has 1 aromatic rings. The molecule has 132 valence electrons. The van der Waals surface area contributed by atoms with E-state index in [1.165, 1.54) is 0 Å². The minimum absolute atomic E-state index is 0.196. The van der Waals surface area contributed by atoms with Crippen molar-refractivity contribution in [3.63, 3.8) is 0 Å². The molecule has 1 unspecified atom stereocenters. The molecule has 0 fully saturated rings. The summed E-state index contributed by atoms with van der Waals surface area (Å²) >= 11 is 0. The van der Waals surface area contributed by atoms with Crippen molar-refractivity contribution >= 4 is 5.96 Å². The Hall–Kier alpha value is -1.53. The van der Waals surface area contributed by atoms with Gasteiger partial charge in [0.05, 0.1) is 12.3 Å². The summed E-state index contributed by atoms with van der Waals surface area (Å²) in [6.07, 6.45) is 2.69. The van der Waals surface area contributed by atoms with Gasteiger partial charge in [0.2, 0.25) is 0 Å². The van der Waals surface area contributed by atoms with E-state index in [-0.39, 0.29) is 6.04 Å². The first-order valence-corrected chi connectivity index (χ1v) is 8.56. The lowest BCUT2D eigenvalue weighted by Crippen LogP contribution is -2.43. The SMILES string of the molecule is CCOCCCNC(=NC)NCC(c1ccco1)N(CC)CC. The molecule has 0 saturated heterocycles. The van der Waals surface area contributed by atoms with Crippen LogP contribution in [0.25, 0.3) is 0 Å². The van der Waals surface area contributed by atoms with Crippen molar-refractivity contribution in [3.8, 4) is 0 Å². The Morgan fingerprint density at radius 3 is 2.65 bits per heavy atom. The number of guanidine groups is 1. The number of furan rings is 1. The quantitative estimate of drug-likeness (QED) is 0.371. The van der Waals surface area contributed by atoms with Gasteiger partial charge in [-0.25, -0.2) is 0 Å². The Morgan fingerprint density at radius 1 is 1.30 bits per heavy atom. The molecule has 2 N–H and O–H groups in total. The summed E-state index contributed by atoms with van der Waals surface area (Å²) in [7, 11) is 1.79. The number of hydrogen-bond donors (Lipinski definition) is 2. The van der Waals surface area contributed by atoms with Crippen LogP contribution in [-0.2, 0) is 4.74 Å². The Kier molecular flexibility index (Phi) is 10.2. The third-order valence-electron chi connectivity index (χ3n) is 3.77. The summed E-state index contributed by atoms with van der Waals surface area (Å²) in [6.45, 7) is 11.4. The first-order chi connectivity index (χ1) is 11.3. The number of hydrogen-bond acceptors (Lipinski definition) is 4. The molecule has 0 bridgehead atoms. The zero-order chi connectivity index (χ0) is 16.9. The van der Waals surface area contributed by atoms with Gasteiger partial charge in [0.1, 0.15) is 5.76 Å². The molecule has 1 atom stereocenters. The minimum Gasteiger partial charge on any atom is -0.468 e.